The molecule has 0 aromatic carbocycles. The van der Waals surface area contributed by atoms with Gasteiger partial charge in [0.15, 0.2) is 0 Å². The number of aryl methyl sites for hydroxylation is 1. The van der Waals surface area contributed by atoms with Gasteiger partial charge in [-0.05, 0) is 26.7 Å². The number of aliphatic carboxylic acids is 1. The van der Waals surface area contributed by atoms with E-state index in [9.17, 15) is 9.90 Å². The predicted octanol–water partition coefficient (Wildman–Crippen LogP) is 2.05. The Hall–Kier alpha value is -1.32. The molecular weight excluding hydrogens is 204 g/mol. The van der Waals surface area contributed by atoms with Crippen LogP contribution in [0, 0.1) is 0 Å². The SMILES string of the molecule is Cn1ncc(C(C)(C)C(=O)O)c1C1CCC1. The Morgan fingerprint density at radius 1 is 1.56 bits per heavy atom. The van der Waals surface area contributed by atoms with Crippen LogP contribution in [0.1, 0.15) is 50.3 Å². The number of nitrogens with zero attached hydrogens (tertiary/aromatic N) is 2. The summed E-state index contributed by atoms with van der Waals surface area (Å²) in [5.74, 6) is -0.290. The third-order valence-corrected chi connectivity index (χ3v) is 3.68. The van der Waals surface area contributed by atoms with Gasteiger partial charge in [0.05, 0.1) is 11.6 Å². The smallest absolute Gasteiger partial charge is 0.313 e. The number of carbonyl (C=O) groups is 1. The Morgan fingerprint density at radius 3 is 2.62 bits per heavy atom. The van der Waals surface area contributed by atoms with E-state index >= 15 is 0 Å². The number of aromatic nitrogens is 2. The van der Waals surface area contributed by atoms with E-state index in [1.807, 2.05) is 11.7 Å². The van der Waals surface area contributed by atoms with E-state index in [-0.39, 0.29) is 0 Å². The van der Waals surface area contributed by atoms with E-state index in [2.05, 4.69) is 5.10 Å². The predicted molar refractivity (Wildman–Crippen MR) is 60.5 cm³/mol. The van der Waals surface area contributed by atoms with Crippen LogP contribution in [0.5, 0.6) is 0 Å². The zero-order valence-corrected chi connectivity index (χ0v) is 10.0. The molecule has 1 aromatic heterocycles. The van der Waals surface area contributed by atoms with Gasteiger partial charge < -0.3 is 5.11 Å². The lowest BCUT2D eigenvalue weighted by Gasteiger charge is -2.29. The summed E-state index contributed by atoms with van der Waals surface area (Å²) < 4.78 is 1.84. The second-order valence-corrected chi connectivity index (χ2v) is 5.13. The number of carboxylic acids is 1. The molecule has 1 N–H and O–H groups in total. The minimum atomic E-state index is -0.848. The summed E-state index contributed by atoms with van der Waals surface area (Å²) in [7, 11) is 1.90. The maximum Gasteiger partial charge on any atom is 0.313 e. The van der Waals surface area contributed by atoms with Crippen LogP contribution in [0.4, 0.5) is 0 Å². The molecule has 0 atom stereocenters. The van der Waals surface area contributed by atoms with Gasteiger partial charge in [-0.2, -0.15) is 5.10 Å². The number of hydrogen-bond donors (Lipinski definition) is 1. The van der Waals surface area contributed by atoms with Crippen LogP contribution in [-0.4, -0.2) is 20.9 Å². The topological polar surface area (TPSA) is 55.1 Å². The van der Waals surface area contributed by atoms with Gasteiger partial charge in [0, 0.05) is 24.2 Å². The summed E-state index contributed by atoms with van der Waals surface area (Å²) in [6.07, 6.45) is 5.26. The molecule has 1 aliphatic rings. The van der Waals surface area contributed by atoms with Crippen LogP contribution in [0.2, 0.25) is 0 Å². The van der Waals surface area contributed by atoms with E-state index in [0.717, 1.165) is 24.1 Å². The molecule has 0 saturated heterocycles. The fourth-order valence-electron chi connectivity index (χ4n) is 2.21. The van der Waals surface area contributed by atoms with Crippen LogP contribution in [-0.2, 0) is 17.3 Å². The second-order valence-electron chi connectivity index (χ2n) is 5.13. The van der Waals surface area contributed by atoms with Gasteiger partial charge in [0.1, 0.15) is 0 Å². The largest absolute Gasteiger partial charge is 0.481 e. The molecule has 4 heteroatoms. The molecule has 1 fully saturated rings. The van der Waals surface area contributed by atoms with Crippen molar-refractivity contribution in [2.45, 2.75) is 44.4 Å². The van der Waals surface area contributed by atoms with Crippen molar-refractivity contribution >= 4 is 5.97 Å². The average Bonchev–Trinajstić information content (AvgIpc) is 2.46. The summed E-state index contributed by atoms with van der Waals surface area (Å²) in [5.41, 5.74) is 1.13. The van der Waals surface area contributed by atoms with E-state index < -0.39 is 11.4 Å². The molecule has 0 spiro atoms. The van der Waals surface area contributed by atoms with Crippen molar-refractivity contribution in [1.82, 2.24) is 9.78 Å². The molecule has 0 aliphatic heterocycles. The maximum absolute atomic E-state index is 11.3. The molecule has 0 bridgehead atoms. The van der Waals surface area contributed by atoms with Crippen LogP contribution in [0.25, 0.3) is 0 Å². The highest BCUT2D eigenvalue weighted by Crippen LogP contribution is 2.41. The first-order valence-corrected chi connectivity index (χ1v) is 5.70. The summed E-state index contributed by atoms with van der Waals surface area (Å²) in [6.45, 7) is 3.49. The molecule has 88 valence electrons. The minimum absolute atomic E-state index is 0.501. The van der Waals surface area contributed by atoms with Gasteiger partial charge in [0.25, 0.3) is 0 Å². The number of hydrogen-bond acceptors (Lipinski definition) is 2. The monoisotopic (exact) mass is 222 g/mol. The second kappa shape index (κ2) is 3.61. The highest BCUT2D eigenvalue weighted by molar-refractivity contribution is 5.80. The Bertz CT molecular complexity index is 417. The lowest BCUT2D eigenvalue weighted by atomic mass is 9.76. The van der Waals surface area contributed by atoms with Crippen molar-refractivity contribution in [3.05, 3.63) is 17.5 Å². The maximum atomic E-state index is 11.3. The Kier molecular flexibility index (Phi) is 2.52. The molecule has 0 radical (unpaired) electrons. The summed E-state index contributed by atoms with van der Waals surface area (Å²) >= 11 is 0. The molecule has 1 heterocycles. The molecule has 0 amide bonds. The summed E-state index contributed by atoms with van der Waals surface area (Å²) in [5, 5.41) is 13.5. The molecule has 1 aliphatic carbocycles. The molecule has 16 heavy (non-hydrogen) atoms. The average molecular weight is 222 g/mol. The van der Waals surface area contributed by atoms with E-state index in [1.165, 1.54) is 6.42 Å². The van der Waals surface area contributed by atoms with Crippen LogP contribution >= 0.6 is 0 Å². The quantitative estimate of drug-likeness (QED) is 0.851. The van der Waals surface area contributed by atoms with Gasteiger partial charge in [0.2, 0.25) is 0 Å². The van der Waals surface area contributed by atoms with Crippen molar-refractivity contribution in [2.24, 2.45) is 7.05 Å². The molecular formula is C12H18N2O2. The van der Waals surface area contributed by atoms with E-state index in [1.54, 1.807) is 20.0 Å². The van der Waals surface area contributed by atoms with Crippen molar-refractivity contribution in [2.75, 3.05) is 0 Å². The van der Waals surface area contributed by atoms with Crippen molar-refractivity contribution in [1.29, 1.82) is 0 Å². The number of rotatable bonds is 3. The highest BCUT2D eigenvalue weighted by Gasteiger charge is 2.37. The standard InChI is InChI=1S/C12H18N2O2/c1-12(2,11(15)16)9-7-13-14(3)10(9)8-5-4-6-8/h7-8H,4-6H2,1-3H3,(H,15,16). The third-order valence-electron chi connectivity index (χ3n) is 3.68. The van der Waals surface area contributed by atoms with Gasteiger partial charge in [-0.15, -0.1) is 0 Å². The van der Waals surface area contributed by atoms with Gasteiger partial charge in [-0.25, -0.2) is 0 Å². The van der Waals surface area contributed by atoms with Gasteiger partial charge in [-0.1, -0.05) is 6.42 Å². The van der Waals surface area contributed by atoms with Crippen molar-refractivity contribution in [3.8, 4) is 0 Å². The Morgan fingerprint density at radius 2 is 2.19 bits per heavy atom. The van der Waals surface area contributed by atoms with Gasteiger partial charge >= 0.3 is 5.97 Å². The highest BCUT2D eigenvalue weighted by atomic mass is 16.4. The van der Waals surface area contributed by atoms with E-state index in [0.29, 0.717) is 5.92 Å². The molecule has 4 nitrogen and oxygen atoms in total. The zero-order chi connectivity index (χ0) is 11.9. The molecule has 0 unspecified atom stereocenters. The normalized spacial score (nSPS) is 17.2. The van der Waals surface area contributed by atoms with Crippen LogP contribution in [0.3, 0.4) is 0 Å². The van der Waals surface area contributed by atoms with Crippen LogP contribution < -0.4 is 0 Å². The molecule has 1 aromatic rings. The minimum Gasteiger partial charge on any atom is -0.481 e. The lowest BCUT2D eigenvalue weighted by Crippen LogP contribution is -2.30. The Balaban J connectivity index is 2.44. The van der Waals surface area contributed by atoms with Crippen LogP contribution in [0.15, 0.2) is 6.20 Å². The van der Waals surface area contributed by atoms with E-state index in [4.69, 9.17) is 0 Å². The first kappa shape index (κ1) is 11.2. The fourth-order valence-corrected chi connectivity index (χ4v) is 2.21. The van der Waals surface area contributed by atoms with Crippen molar-refractivity contribution < 1.29 is 9.90 Å². The molecule has 1 saturated carbocycles. The summed E-state index contributed by atoms with van der Waals surface area (Å²) in [4.78, 5) is 11.3. The first-order valence-electron chi connectivity index (χ1n) is 5.70. The zero-order valence-electron chi connectivity index (χ0n) is 10.0. The third kappa shape index (κ3) is 1.52. The van der Waals surface area contributed by atoms with Gasteiger partial charge in [-0.3, -0.25) is 9.48 Å². The Labute approximate surface area is 95.3 Å². The first-order chi connectivity index (χ1) is 7.44. The lowest BCUT2D eigenvalue weighted by molar-refractivity contribution is -0.142. The summed E-state index contributed by atoms with van der Waals surface area (Å²) in [6, 6.07) is 0. The van der Waals surface area contributed by atoms with Crippen molar-refractivity contribution in [3.63, 3.8) is 0 Å². The fraction of sp³-hybridized carbons (Fsp3) is 0.667. The molecule has 2 rings (SSSR count). The number of carboxylic acid groups (broad SMARTS) is 1.